The molecule has 66 valence electrons. The summed E-state index contributed by atoms with van der Waals surface area (Å²) in [5.74, 6) is 0. The molecule has 0 spiro atoms. The van der Waals surface area contributed by atoms with Gasteiger partial charge in [-0.15, -0.1) is 0 Å². The summed E-state index contributed by atoms with van der Waals surface area (Å²) < 4.78 is 0. The second kappa shape index (κ2) is 4.43. The van der Waals surface area contributed by atoms with Gasteiger partial charge >= 0.3 is 0 Å². The molecule has 0 saturated heterocycles. The van der Waals surface area contributed by atoms with Gasteiger partial charge in [0, 0.05) is 12.6 Å². The van der Waals surface area contributed by atoms with Crippen LogP contribution in [0.3, 0.4) is 0 Å². The lowest BCUT2D eigenvalue weighted by Crippen LogP contribution is -2.09. The first-order valence-corrected chi connectivity index (χ1v) is 4.39. The van der Waals surface area contributed by atoms with Crippen molar-refractivity contribution >= 4 is 11.6 Å². The average Bonchev–Trinajstić information content (AvgIpc) is 2.09. The largest absolute Gasteiger partial charge is 0.393 e. The zero-order chi connectivity index (χ0) is 8.97. The number of aromatic nitrogens is 1. The lowest BCUT2D eigenvalue weighted by Gasteiger charge is -2.07. The minimum absolute atomic E-state index is 0.336. The maximum Gasteiger partial charge on any atom is 0.0622 e. The van der Waals surface area contributed by atoms with Crippen LogP contribution in [-0.2, 0) is 6.42 Å². The van der Waals surface area contributed by atoms with E-state index in [9.17, 15) is 5.11 Å². The van der Waals surface area contributed by atoms with Gasteiger partial charge in [0.1, 0.15) is 0 Å². The molecule has 1 atom stereocenters. The zero-order valence-electron chi connectivity index (χ0n) is 7.00. The van der Waals surface area contributed by atoms with Crippen molar-refractivity contribution in [2.24, 2.45) is 0 Å². The van der Waals surface area contributed by atoms with E-state index in [4.69, 9.17) is 11.6 Å². The second-order valence-electron chi connectivity index (χ2n) is 2.70. The van der Waals surface area contributed by atoms with Crippen molar-refractivity contribution in [2.75, 3.05) is 0 Å². The number of hydrogen-bond donors (Lipinski definition) is 1. The lowest BCUT2D eigenvalue weighted by atomic mass is 10.1. The molecule has 0 aromatic carbocycles. The molecule has 1 unspecified atom stereocenters. The first-order valence-electron chi connectivity index (χ1n) is 4.01. The smallest absolute Gasteiger partial charge is 0.0622 e. The summed E-state index contributed by atoms with van der Waals surface area (Å²) in [6.07, 6.45) is 2.62. The van der Waals surface area contributed by atoms with Crippen molar-refractivity contribution in [3.63, 3.8) is 0 Å². The first-order chi connectivity index (χ1) is 5.74. The number of nitrogens with zero attached hydrogens (tertiary/aromatic N) is 1. The van der Waals surface area contributed by atoms with Gasteiger partial charge in [0.25, 0.3) is 0 Å². The molecule has 3 heteroatoms. The highest BCUT2D eigenvalue weighted by Crippen LogP contribution is 2.14. The fourth-order valence-electron chi connectivity index (χ4n) is 0.936. The predicted octanol–water partition coefficient (Wildman–Crippen LogP) is 2.05. The summed E-state index contributed by atoms with van der Waals surface area (Å²) in [6, 6.07) is 3.57. The number of aliphatic hydroxyl groups is 1. The highest BCUT2D eigenvalue weighted by atomic mass is 35.5. The molecule has 0 bridgehead atoms. The molecule has 0 fully saturated rings. The Morgan fingerprint density at radius 3 is 3.00 bits per heavy atom. The number of aliphatic hydroxyl groups excluding tert-OH is 1. The van der Waals surface area contributed by atoms with Crippen LogP contribution in [0.4, 0.5) is 0 Å². The highest BCUT2D eigenvalue weighted by molar-refractivity contribution is 6.31. The van der Waals surface area contributed by atoms with Gasteiger partial charge < -0.3 is 5.11 Å². The van der Waals surface area contributed by atoms with E-state index in [2.05, 4.69) is 4.98 Å². The third-order valence-corrected chi connectivity index (χ3v) is 2.08. The van der Waals surface area contributed by atoms with E-state index in [1.54, 1.807) is 18.3 Å². The van der Waals surface area contributed by atoms with Gasteiger partial charge in [0.15, 0.2) is 0 Å². The molecule has 12 heavy (non-hydrogen) atoms. The third kappa shape index (κ3) is 2.47. The van der Waals surface area contributed by atoms with E-state index in [1.165, 1.54) is 0 Å². The zero-order valence-corrected chi connectivity index (χ0v) is 7.75. The SMILES string of the molecule is CCC(O)Cc1ncccc1Cl. The van der Waals surface area contributed by atoms with Crippen LogP contribution in [0.1, 0.15) is 19.0 Å². The Bertz CT molecular complexity index is 252. The summed E-state index contributed by atoms with van der Waals surface area (Å²) in [4.78, 5) is 4.07. The normalized spacial score (nSPS) is 12.9. The Labute approximate surface area is 77.2 Å². The lowest BCUT2D eigenvalue weighted by molar-refractivity contribution is 0.169. The van der Waals surface area contributed by atoms with Crippen molar-refractivity contribution in [1.82, 2.24) is 4.98 Å². The molecule has 1 aromatic rings. The molecule has 0 amide bonds. The van der Waals surface area contributed by atoms with Gasteiger partial charge in [0.2, 0.25) is 0 Å². The van der Waals surface area contributed by atoms with Gasteiger partial charge in [-0.25, -0.2) is 0 Å². The van der Waals surface area contributed by atoms with Crippen LogP contribution >= 0.6 is 11.6 Å². The Morgan fingerprint density at radius 1 is 1.67 bits per heavy atom. The van der Waals surface area contributed by atoms with Crippen LogP contribution in [-0.4, -0.2) is 16.2 Å². The standard InChI is InChI=1S/C9H12ClNO/c1-2-7(12)6-9-8(10)4-3-5-11-9/h3-5,7,12H,2,6H2,1H3. The quantitative estimate of drug-likeness (QED) is 0.782. The fourth-order valence-corrected chi connectivity index (χ4v) is 1.13. The monoisotopic (exact) mass is 185 g/mol. The number of hydrogen-bond acceptors (Lipinski definition) is 2. The topological polar surface area (TPSA) is 33.1 Å². The van der Waals surface area contributed by atoms with E-state index in [0.717, 1.165) is 12.1 Å². The Morgan fingerprint density at radius 2 is 2.42 bits per heavy atom. The summed E-state index contributed by atoms with van der Waals surface area (Å²) in [7, 11) is 0. The Balaban J connectivity index is 2.69. The van der Waals surface area contributed by atoms with E-state index in [1.807, 2.05) is 6.92 Å². The third-order valence-electron chi connectivity index (χ3n) is 1.73. The number of pyridine rings is 1. The fraction of sp³-hybridized carbons (Fsp3) is 0.444. The molecular weight excluding hydrogens is 174 g/mol. The van der Waals surface area contributed by atoms with E-state index in [0.29, 0.717) is 11.4 Å². The molecule has 1 rings (SSSR count). The second-order valence-corrected chi connectivity index (χ2v) is 3.11. The number of halogens is 1. The van der Waals surface area contributed by atoms with Crippen LogP contribution in [0, 0.1) is 0 Å². The molecule has 1 aromatic heterocycles. The molecule has 1 N–H and O–H groups in total. The maximum absolute atomic E-state index is 9.34. The van der Waals surface area contributed by atoms with Crippen LogP contribution in [0.2, 0.25) is 5.02 Å². The van der Waals surface area contributed by atoms with Crippen LogP contribution in [0.25, 0.3) is 0 Å². The van der Waals surface area contributed by atoms with Crippen molar-refractivity contribution in [1.29, 1.82) is 0 Å². The molecule has 2 nitrogen and oxygen atoms in total. The van der Waals surface area contributed by atoms with Gasteiger partial charge in [-0.3, -0.25) is 4.98 Å². The van der Waals surface area contributed by atoms with Gasteiger partial charge in [-0.2, -0.15) is 0 Å². The summed E-state index contributed by atoms with van der Waals surface area (Å²) >= 11 is 5.85. The van der Waals surface area contributed by atoms with Crippen LogP contribution in [0.5, 0.6) is 0 Å². The van der Waals surface area contributed by atoms with E-state index in [-0.39, 0.29) is 6.10 Å². The minimum Gasteiger partial charge on any atom is -0.393 e. The van der Waals surface area contributed by atoms with Crippen LogP contribution in [0.15, 0.2) is 18.3 Å². The molecule has 0 radical (unpaired) electrons. The predicted molar refractivity (Wildman–Crippen MR) is 49.2 cm³/mol. The van der Waals surface area contributed by atoms with E-state index >= 15 is 0 Å². The molecule has 0 saturated carbocycles. The Hall–Kier alpha value is -0.600. The summed E-state index contributed by atoms with van der Waals surface area (Å²) in [5, 5.41) is 9.97. The summed E-state index contributed by atoms with van der Waals surface area (Å²) in [6.45, 7) is 1.93. The van der Waals surface area contributed by atoms with Crippen molar-refractivity contribution in [2.45, 2.75) is 25.9 Å². The maximum atomic E-state index is 9.34. The first kappa shape index (κ1) is 9.49. The number of rotatable bonds is 3. The van der Waals surface area contributed by atoms with Gasteiger partial charge in [0.05, 0.1) is 16.8 Å². The molecule has 0 aliphatic carbocycles. The van der Waals surface area contributed by atoms with Crippen molar-refractivity contribution < 1.29 is 5.11 Å². The summed E-state index contributed by atoms with van der Waals surface area (Å²) in [5.41, 5.74) is 0.772. The molecule has 0 aliphatic heterocycles. The van der Waals surface area contributed by atoms with Crippen molar-refractivity contribution in [3.8, 4) is 0 Å². The average molecular weight is 186 g/mol. The van der Waals surface area contributed by atoms with Crippen molar-refractivity contribution in [3.05, 3.63) is 29.0 Å². The van der Waals surface area contributed by atoms with Gasteiger partial charge in [-0.05, 0) is 18.6 Å². The molecule has 1 heterocycles. The molecule has 0 aliphatic rings. The van der Waals surface area contributed by atoms with E-state index < -0.39 is 0 Å². The Kier molecular flexibility index (Phi) is 3.50. The molecular formula is C9H12ClNO. The van der Waals surface area contributed by atoms with Crippen LogP contribution < -0.4 is 0 Å². The highest BCUT2D eigenvalue weighted by Gasteiger charge is 2.06. The minimum atomic E-state index is -0.336. The van der Waals surface area contributed by atoms with Gasteiger partial charge in [-0.1, -0.05) is 18.5 Å².